The summed E-state index contributed by atoms with van der Waals surface area (Å²) in [5, 5.41) is 6.97. The molecule has 5 rings (SSSR count). The molecule has 2 aliphatic rings. The van der Waals surface area contributed by atoms with Gasteiger partial charge in [-0.05, 0) is 67.6 Å². The minimum absolute atomic E-state index is 0.0621. The summed E-state index contributed by atoms with van der Waals surface area (Å²) in [5.74, 6) is 3.39. The van der Waals surface area contributed by atoms with Crippen LogP contribution in [-0.2, 0) is 0 Å². The van der Waals surface area contributed by atoms with Crippen LogP contribution in [0.4, 0.5) is 5.69 Å². The van der Waals surface area contributed by atoms with Gasteiger partial charge in [0.05, 0.1) is 0 Å². The van der Waals surface area contributed by atoms with E-state index in [1.165, 1.54) is 32.1 Å². The third-order valence-electron chi connectivity index (χ3n) is 6.23. The van der Waals surface area contributed by atoms with Crippen molar-refractivity contribution in [2.75, 3.05) is 12.4 Å². The maximum Gasteiger partial charge on any atom is 0.131 e. The van der Waals surface area contributed by atoms with E-state index in [9.17, 15) is 0 Å². The summed E-state index contributed by atoms with van der Waals surface area (Å²) < 4.78 is 5.95. The molecular weight excluding hydrogens is 444 g/mol. The van der Waals surface area contributed by atoms with E-state index in [1.807, 2.05) is 60.7 Å². The van der Waals surface area contributed by atoms with E-state index < -0.39 is 0 Å². The third kappa shape index (κ3) is 8.42. The van der Waals surface area contributed by atoms with Crippen LogP contribution in [0.5, 0.6) is 11.5 Å². The van der Waals surface area contributed by atoms with Crippen molar-refractivity contribution in [3.8, 4) is 11.5 Å². The zero-order valence-electron chi connectivity index (χ0n) is 22.2. The molecule has 1 fully saturated rings. The molecule has 4 N–H and O–H groups in total. The van der Waals surface area contributed by atoms with E-state index in [-0.39, 0.29) is 6.17 Å². The topological polar surface area (TPSA) is 71.7 Å². The molecule has 0 radical (unpaired) electrons. The molecule has 0 bridgehead atoms. The molecule has 3 aromatic rings. The molecule has 1 saturated carbocycles. The van der Waals surface area contributed by atoms with E-state index in [2.05, 4.69) is 54.6 Å². The number of amidine groups is 1. The maximum absolute atomic E-state index is 5.95. The lowest BCUT2D eigenvalue weighted by Gasteiger charge is -2.30. The van der Waals surface area contributed by atoms with Crippen molar-refractivity contribution in [2.45, 2.75) is 65.1 Å². The summed E-state index contributed by atoms with van der Waals surface area (Å²) in [4.78, 5) is 4.39. The van der Waals surface area contributed by atoms with Crippen molar-refractivity contribution in [2.24, 2.45) is 16.6 Å². The first-order chi connectivity index (χ1) is 17.5. The number of ether oxygens (including phenoxy) is 1. The number of nitrogens with zero attached hydrogens (tertiary/aromatic N) is 1. The molecule has 1 aliphatic heterocycles. The van der Waals surface area contributed by atoms with Gasteiger partial charge in [0.2, 0.25) is 0 Å². The molecule has 0 aromatic heterocycles. The van der Waals surface area contributed by atoms with E-state index in [1.54, 1.807) is 7.05 Å². The average molecular weight is 487 g/mol. The van der Waals surface area contributed by atoms with Gasteiger partial charge >= 0.3 is 0 Å². The predicted octanol–water partition coefficient (Wildman–Crippen LogP) is 7.51. The molecule has 2 atom stereocenters. The fraction of sp³-hybridized carbons (Fsp3) is 0.387. The van der Waals surface area contributed by atoms with Crippen LogP contribution >= 0.6 is 0 Å². The highest BCUT2D eigenvalue weighted by molar-refractivity contribution is 6.05. The minimum Gasteiger partial charge on any atom is -0.457 e. The normalized spacial score (nSPS) is 17.7. The number of rotatable bonds is 6. The van der Waals surface area contributed by atoms with Crippen molar-refractivity contribution >= 4 is 11.5 Å². The Labute approximate surface area is 217 Å². The first-order valence-electron chi connectivity index (χ1n) is 13.2. The summed E-state index contributed by atoms with van der Waals surface area (Å²) in [5.41, 5.74) is 8.74. The monoisotopic (exact) mass is 486 g/mol. The molecule has 1 heterocycles. The number of para-hydroxylation sites is 2. The molecule has 2 unspecified atom stereocenters. The van der Waals surface area contributed by atoms with Crippen LogP contribution in [0.1, 0.15) is 70.2 Å². The number of nitrogens with one attached hydrogen (secondary N) is 2. The van der Waals surface area contributed by atoms with Crippen molar-refractivity contribution < 1.29 is 4.74 Å². The largest absolute Gasteiger partial charge is 0.457 e. The Kier molecular flexibility index (Phi) is 10.8. The Bertz CT molecular complexity index is 1070. The van der Waals surface area contributed by atoms with Gasteiger partial charge in [0.1, 0.15) is 23.5 Å². The number of hydrogen-bond acceptors (Lipinski definition) is 4. The highest BCUT2D eigenvalue weighted by atomic mass is 16.5. The van der Waals surface area contributed by atoms with Crippen molar-refractivity contribution in [1.29, 1.82) is 0 Å². The van der Waals surface area contributed by atoms with Gasteiger partial charge in [0.25, 0.3) is 0 Å². The zero-order chi connectivity index (χ0) is 25.8. The average Bonchev–Trinajstić information content (AvgIpc) is 3.76. The molecule has 0 amide bonds. The van der Waals surface area contributed by atoms with Gasteiger partial charge in [0, 0.05) is 24.3 Å². The second-order valence-corrected chi connectivity index (χ2v) is 9.38. The highest BCUT2D eigenvalue weighted by Crippen LogP contribution is 2.31. The Balaban J connectivity index is 0.000000273. The van der Waals surface area contributed by atoms with Crippen molar-refractivity contribution in [3.05, 3.63) is 90.0 Å². The van der Waals surface area contributed by atoms with E-state index in [0.717, 1.165) is 40.1 Å². The molecular formula is C31H42N4O. The summed E-state index contributed by atoms with van der Waals surface area (Å²) in [6, 6.07) is 26.5. The molecule has 36 heavy (non-hydrogen) atoms. The Morgan fingerprint density at radius 2 is 1.56 bits per heavy atom. The molecule has 1 aliphatic carbocycles. The van der Waals surface area contributed by atoms with Crippen LogP contribution in [0.3, 0.4) is 0 Å². The SMILES string of the molecule is CC(N)C1CC1.CCCCC.CN=C1NC(c2cccc(Oc3ccccc3)c2)Nc2ccccc21. The predicted molar refractivity (Wildman–Crippen MR) is 153 cm³/mol. The lowest BCUT2D eigenvalue weighted by molar-refractivity contribution is 0.481. The second kappa shape index (κ2) is 14.3. The summed E-state index contributed by atoms with van der Waals surface area (Å²) in [7, 11) is 1.80. The van der Waals surface area contributed by atoms with E-state index in [4.69, 9.17) is 10.5 Å². The fourth-order valence-electron chi connectivity index (χ4n) is 3.93. The van der Waals surface area contributed by atoms with Crippen LogP contribution in [0, 0.1) is 5.92 Å². The highest BCUT2D eigenvalue weighted by Gasteiger charge is 2.24. The molecule has 192 valence electrons. The van der Waals surface area contributed by atoms with Gasteiger partial charge in [-0.1, -0.05) is 75.6 Å². The van der Waals surface area contributed by atoms with Crippen LogP contribution in [0.15, 0.2) is 83.9 Å². The standard InChI is InChI=1S/C21H19N3O.C5H11N.C5H12/c1-22-21-18-12-5-6-13-19(18)23-20(24-21)15-8-7-11-17(14-15)25-16-9-3-2-4-10-16;1-4(6)5-2-3-5;1-3-5-4-2/h2-14,20,23H,1H3,(H,22,24);4-5H,2-3,6H2,1H3;3-5H2,1-2H3. The molecule has 5 heteroatoms. The maximum atomic E-state index is 5.95. The first-order valence-corrected chi connectivity index (χ1v) is 13.2. The number of anilines is 1. The molecule has 0 saturated heterocycles. The summed E-state index contributed by atoms with van der Waals surface area (Å²) in [6.07, 6.45) is 6.76. The zero-order valence-corrected chi connectivity index (χ0v) is 22.2. The molecule has 3 aromatic carbocycles. The lowest BCUT2D eigenvalue weighted by Crippen LogP contribution is -2.39. The Morgan fingerprint density at radius 3 is 2.14 bits per heavy atom. The van der Waals surface area contributed by atoms with Gasteiger partial charge in [-0.2, -0.15) is 0 Å². The number of benzene rings is 3. The first kappa shape index (κ1) is 27.3. The number of unbranched alkanes of at least 4 members (excludes halogenated alkanes) is 2. The Hall–Kier alpha value is -3.31. The number of nitrogens with two attached hydrogens (primary N) is 1. The van der Waals surface area contributed by atoms with E-state index >= 15 is 0 Å². The van der Waals surface area contributed by atoms with Crippen LogP contribution in [0.2, 0.25) is 0 Å². The smallest absolute Gasteiger partial charge is 0.131 e. The molecule has 5 nitrogen and oxygen atoms in total. The number of aliphatic imine (C=N–C) groups is 1. The quantitative estimate of drug-likeness (QED) is 0.337. The molecule has 0 spiro atoms. The fourth-order valence-corrected chi connectivity index (χ4v) is 3.93. The van der Waals surface area contributed by atoms with Gasteiger partial charge in [-0.25, -0.2) is 0 Å². The number of hydrogen-bond donors (Lipinski definition) is 3. The Morgan fingerprint density at radius 1 is 0.889 bits per heavy atom. The van der Waals surface area contributed by atoms with Gasteiger partial charge in [-0.3, -0.25) is 4.99 Å². The van der Waals surface area contributed by atoms with E-state index in [0.29, 0.717) is 6.04 Å². The lowest BCUT2D eigenvalue weighted by atomic mass is 10.1. The van der Waals surface area contributed by atoms with Gasteiger partial charge < -0.3 is 21.1 Å². The van der Waals surface area contributed by atoms with Crippen LogP contribution in [-0.4, -0.2) is 18.9 Å². The minimum atomic E-state index is -0.0621. The summed E-state index contributed by atoms with van der Waals surface area (Å²) >= 11 is 0. The van der Waals surface area contributed by atoms with Crippen molar-refractivity contribution in [1.82, 2.24) is 5.32 Å². The second-order valence-electron chi connectivity index (χ2n) is 9.38. The van der Waals surface area contributed by atoms with Gasteiger partial charge in [-0.15, -0.1) is 0 Å². The third-order valence-corrected chi connectivity index (χ3v) is 6.23. The number of fused-ring (bicyclic) bond motifs is 1. The van der Waals surface area contributed by atoms with Crippen LogP contribution in [0.25, 0.3) is 0 Å². The van der Waals surface area contributed by atoms with Gasteiger partial charge in [0.15, 0.2) is 0 Å². The van der Waals surface area contributed by atoms with Crippen LogP contribution < -0.4 is 21.1 Å². The summed E-state index contributed by atoms with van der Waals surface area (Å²) in [6.45, 7) is 6.50. The van der Waals surface area contributed by atoms with Crippen molar-refractivity contribution in [3.63, 3.8) is 0 Å².